The number of likely N-dealkylation sites (tertiary alicyclic amines) is 1. The number of hydrogen-bond acceptors (Lipinski definition) is 4. The average Bonchev–Trinajstić information content (AvgIpc) is 3.09. The van der Waals surface area contributed by atoms with Crippen molar-refractivity contribution in [3.05, 3.63) is 17.5 Å². The first-order chi connectivity index (χ1) is 13.4. The number of likely N-dealkylation sites (N-methyl/N-ethyl adjacent to an activating group) is 1. The van der Waals surface area contributed by atoms with Gasteiger partial charge < -0.3 is 14.9 Å². The predicted octanol–water partition coefficient (Wildman–Crippen LogP) is 1.86. The number of carbonyl (C=O) groups excluding carboxylic acids is 2. The zero-order valence-corrected chi connectivity index (χ0v) is 16.8. The first-order valence-electron chi connectivity index (χ1n) is 10.2. The molecule has 28 heavy (non-hydrogen) atoms. The topological polar surface area (TPSA) is 95.7 Å². The number of carboxylic acid groups (broad SMARTS) is 1. The molecule has 1 aliphatic carbocycles. The molecule has 154 valence electrons. The Morgan fingerprint density at radius 2 is 1.89 bits per heavy atom. The van der Waals surface area contributed by atoms with Gasteiger partial charge in [-0.05, 0) is 25.7 Å². The Bertz CT molecular complexity index is 739. The highest BCUT2D eigenvalue weighted by Gasteiger charge is 2.31. The van der Waals surface area contributed by atoms with Crippen LogP contribution in [0.5, 0.6) is 0 Å². The number of rotatable bonds is 5. The molecule has 3 rings (SSSR count). The van der Waals surface area contributed by atoms with Crippen LogP contribution in [0.3, 0.4) is 0 Å². The summed E-state index contributed by atoms with van der Waals surface area (Å²) >= 11 is 0. The molecule has 2 amide bonds. The zero-order valence-electron chi connectivity index (χ0n) is 16.8. The molecule has 1 aromatic heterocycles. The van der Waals surface area contributed by atoms with Gasteiger partial charge in [0.1, 0.15) is 0 Å². The van der Waals surface area contributed by atoms with Gasteiger partial charge in [0.25, 0.3) is 5.91 Å². The lowest BCUT2D eigenvalue weighted by molar-refractivity contribution is -0.145. The third-order valence-electron chi connectivity index (χ3n) is 5.92. The molecule has 0 radical (unpaired) electrons. The van der Waals surface area contributed by atoms with Crippen molar-refractivity contribution in [3.8, 4) is 0 Å². The van der Waals surface area contributed by atoms with E-state index in [-0.39, 0.29) is 24.9 Å². The largest absolute Gasteiger partial charge is 0.481 e. The fraction of sp³-hybridized carbons (Fsp3) is 0.700. The molecule has 2 fully saturated rings. The van der Waals surface area contributed by atoms with Crippen molar-refractivity contribution in [3.63, 3.8) is 0 Å². The van der Waals surface area contributed by atoms with Gasteiger partial charge in [-0.3, -0.25) is 19.1 Å². The van der Waals surface area contributed by atoms with E-state index < -0.39 is 11.9 Å². The van der Waals surface area contributed by atoms with E-state index in [0.29, 0.717) is 30.9 Å². The van der Waals surface area contributed by atoms with Crippen molar-refractivity contribution < 1.29 is 19.5 Å². The number of carboxylic acids is 1. The molecule has 1 aromatic rings. The van der Waals surface area contributed by atoms with Crippen LogP contribution in [0, 0.1) is 5.92 Å². The highest BCUT2D eigenvalue weighted by Crippen LogP contribution is 2.33. The van der Waals surface area contributed by atoms with Crippen molar-refractivity contribution in [1.82, 2.24) is 19.6 Å². The third kappa shape index (κ3) is 4.54. The van der Waals surface area contributed by atoms with Crippen molar-refractivity contribution in [2.24, 2.45) is 13.0 Å². The lowest BCUT2D eigenvalue weighted by Crippen LogP contribution is -2.47. The van der Waals surface area contributed by atoms with E-state index in [4.69, 9.17) is 0 Å². The molecule has 2 heterocycles. The normalized spacial score (nSPS) is 20.8. The number of nitrogens with zero attached hydrogens (tertiary/aromatic N) is 4. The number of hydrogen-bond donors (Lipinski definition) is 1. The van der Waals surface area contributed by atoms with Crippen LogP contribution >= 0.6 is 0 Å². The van der Waals surface area contributed by atoms with Gasteiger partial charge in [-0.15, -0.1) is 0 Å². The minimum Gasteiger partial charge on any atom is -0.481 e. The second-order valence-electron chi connectivity index (χ2n) is 8.11. The quantitative estimate of drug-likeness (QED) is 0.828. The van der Waals surface area contributed by atoms with E-state index in [1.54, 1.807) is 22.8 Å². The van der Waals surface area contributed by atoms with Gasteiger partial charge in [-0.2, -0.15) is 5.10 Å². The SMILES string of the molecule is CN(CC(=O)N1CCCC(C(=O)O)C1)C(=O)c1cn(C)nc1C1CCCCC1. The van der Waals surface area contributed by atoms with E-state index in [0.717, 1.165) is 31.4 Å². The second kappa shape index (κ2) is 8.75. The first kappa shape index (κ1) is 20.4. The Balaban J connectivity index is 1.66. The molecule has 0 bridgehead atoms. The summed E-state index contributed by atoms with van der Waals surface area (Å²) in [5.74, 6) is -1.49. The van der Waals surface area contributed by atoms with Gasteiger partial charge in [0, 0.05) is 39.3 Å². The Kier molecular flexibility index (Phi) is 6.36. The fourth-order valence-corrected chi connectivity index (χ4v) is 4.33. The predicted molar refractivity (Wildman–Crippen MR) is 103 cm³/mol. The van der Waals surface area contributed by atoms with E-state index >= 15 is 0 Å². The molecule has 1 saturated carbocycles. The second-order valence-corrected chi connectivity index (χ2v) is 8.11. The molecule has 8 heteroatoms. The number of aryl methyl sites for hydroxylation is 1. The number of aromatic nitrogens is 2. The third-order valence-corrected chi connectivity index (χ3v) is 5.92. The highest BCUT2D eigenvalue weighted by atomic mass is 16.4. The zero-order chi connectivity index (χ0) is 20.3. The molecule has 1 unspecified atom stereocenters. The summed E-state index contributed by atoms with van der Waals surface area (Å²) in [6, 6.07) is 0. The van der Waals surface area contributed by atoms with Crippen LogP contribution in [0.1, 0.15) is 66.9 Å². The van der Waals surface area contributed by atoms with Gasteiger partial charge in [-0.25, -0.2) is 0 Å². The molecular formula is C20H30N4O4. The van der Waals surface area contributed by atoms with E-state index in [1.165, 1.54) is 11.3 Å². The Morgan fingerprint density at radius 1 is 1.18 bits per heavy atom. The average molecular weight is 390 g/mol. The van der Waals surface area contributed by atoms with Gasteiger partial charge in [0.15, 0.2) is 0 Å². The lowest BCUT2D eigenvalue weighted by Gasteiger charge is -2.32. The van der Waals surface area contributed by atoms with Crippen molar-refractivity contribution in [2.75, 3.05) is 26.7 Å². The van der Waals surface area contributed by atoms with Gasteiger partial charge in [-0.1, -0.05) is 19.3 Å². The van der Waals surface area contributed by atoms with Crippen LogP contribution in [0.4, 0.5) is 0 Å². The summed E-state index contributed by atoms with van der Waals surface area (Å²) < 4.78 is 1.68. The van der Waals surface area contributed by atoms with Crippen LogP contribution in [-0.4, -0.2) is 69.2 Å². The monoisotopic (exact) mass is 390 g/mol. The smallest absolute Gasteiger partial charge is 0.308 e. The molecule has 2 aliphatic rings. The molecule has 0 spiro atoms. The first-order valence-corrected chi connectivity index (χ1v) is 10.2. The maximum absolute atomic E-state index is 13.0. The van der Waals surface area contributed by atoms with Crippen LogP contribution < -0.4 is 0 Å². The Hall–Kier alpha value is -2.38. The Labute approximate surface area is 165 Å². The Morgan fingerprint density at radius 3 is 2.57 bits per heavy atom. The van der Waals surface area contributed by atoms with Crippen LogP contribution in [0.25, 0.3) is 0 Å². The maximum Gasteiger partial charge on any atom is 0.308 e. The summed E-state index contributed by atoms with van der Waals surface area (Å²) in [6.07, 6.45) is 8.65. The highest BCUT2D eigenvalue weighted by molar-refractivity contribution is 5.97. The molecule has 0 aromatic carbocycles. The summed E-state index contributed by atoms with van der Waals surface area (Å²) in [6.45, 7) is 0.714. The molecule has 1 saturated heterocycles. The van der Waals surface area contributed by atoms with Crippen LogP contribution in [0.15, 0.2) is 6.20 Å². The number of aliphatic carboxylic acids is 1. The minimum absolute atomic E-state index is 0.0514. The summed E-state index contributed by atoms with van der Waals surface area (Å²) in [7, 11) is 3.44. The molecule has 1 aliphatic heterocycles. The fourth-order valence-electron chi connectivity index (χ4n) is 4.33. The summed E-state index contributed by atoms with van der Waals surface area (Å²) in [5, 5.41) is 13.7. The number of amides is 2. The maximum atomic E-state index is 13.0. The van der Waals surface area contributed by atoms with Crippen LogP contribution in [0.2, 0.25) is 0 Å². The number of carbonyl (C=O) groups is 3. The van der Waals surface area contributed by atoms with Crippen molar-refractivity contribution in [2.45, 2.75) is 50.9 Å². The molecular weight excluding hydrogens is 360 g/mol. The molecule has 1 atom stereocenters. The minimum atomic E-state index is -0.866. The molecule has 8 nitrogen and oxygen atoms in total. The summed E-state index contributed by atoms with van der Waals surface area (Å²) in [5.41, 5.74) is 1.42. The number of piperidine rings is 1. The van der Waals surface area contributed by atoms with Crippen molar-refractivity contribution >= 4 is 17.8 Å². The van der Waals surface area contributed by atoms with Gasteiger partial charge in [0.2, 0.25) is 5.91 Å². The van der Waals surface area contributed by atoms with Crippen molar-refractivity contribution in [1.29, 1.82) is 0 Å². The van der Waals surface area contributed by atoms with E-state index in [2.05, 4.69) is 5.10 Å². The van der Waals surface area contributed by atoms with E-state index in [1.807, 2.05) is 7.05 Å². The van der Waals surface area contributed by atoms with Gasteiger partial charge in [0.05, 0.1) is 23.7 Å². The van der Waals surface area contributed by atoms with Crippen LogP contribution in [-0.2, 0) is 16.6 Å². The lowest BCUT2D eigenvalue weighted by atomic mass is 9.85. The van der Waals surface area contributed by atoms with E-state index in [9.17, 15) is 19.5 Å². The van der Waals surface area contributed by atoms with Gasteiger partial charge >= 0.3 is 5.97 Å². The standard InChI is InChI=1S/C20H30N4O4/c1-22(13-17(25)24-10-6-9-15(11-24)20(27)28)19(26)16-12-23(2)21-18(16)14-7-4-3-5-8-14/h12,14-15H,3-11,13H2,1-2H3,(H,27,28). The summed E-state index contributed by atoms with van der Waals surface area (Å²) in [4.78, 5) is 39.9. The molecule has 1 N–H and O–H groups in total.